The highest BCUT2D eigenvalue weighted by Gasteiger charge is 2.11. The summed E-state index contributed by atoms with van der Waals surface area (Å²) in [5, 5.41) is 3.02. The van der Waals surface area contributed by atoms with E-state index in [1.54, 1.807) is 0 Å². The van der Waals surface area contributed by atoms with Crippen LogP contribution in [0.25, 0.3) is 0 Å². The number of carbonyl (C=O) groups excluding carboxylic acids is 1. The standard InChI is InChI=1S/C14H21NO/c1-5-6-12(4)15-14(16)13-8-7-10(2)9-11(13)3/h7-9,12H,5-6H2,1-4H3,(H,15,16)/t12-/m0/s1. The highest BCUT2D eigenvalue weighted by Crippen LogP contribution is 2.11. The Labute approximate surface area is 98.1 Å². The third-order valence-corrected chi connectivity index (χ3v) is 2.73. The molecular formula is C14H21NO. The maximum Gasteiger partial charge on any atom is 0.251 e. The van der Waals surface area contributed by atoms with Gasteiger partial charge in [0.2, 0.25) is 0 Å². The highest BCUT2D eigenvalue weighted by atomic mass is 16.1. The van der Waals surface area contributed by atoms with Crippen molar-refractivity contribution in [2.75, 3.05) is 0 Å². The van der Waals surface area contributed by atoms with Crippen LogP contribution in [0.3, 0.4) is 0 Å². The molecule has 1 N–H and O–H groups in total. The Balaban J connectivity index is 2.73. The van der Waals surface area contributed by atoms with Crippen LogP contribution in [0.2, 0.25) is 0 Å². The lowest BCUT2D eigenvalue weighted by atomic mass is 10.0. The van der Waals surface area contributed by atoms with Crippen molar-refractivity contribution in [2.45, 2.75) is 46.6 Å². The number of amides is 1. The first-order chi connectivity index (χ1) is 7.54. The Morgan fingerprint density at radius 1 is 1.38 bits per heavy atom. The highest BCUT2D eigenvalue weighted by molar-refractivity contribution is 5.95. The van der Waals surface area contributed by atoms with E-state index in [1.807, 2.05) is 39.0 Å². The minimum absolute atomic E-state index is 0.0402. The van der Waals surface area contributed by atoms with E-state index in [2.05, 4.69) is 12.2 Å². The molecule has 0 spiro atoms. The summed E-state index contributed by atoms with van der Waals surface area (Å²) in [6.07, 6.45) is 2.12. The van der Waals surface area contributed by atoms with Crippen LogP contribution >= 0.6 is 0 Å². The number of nitrogens with one attached hydrogen (secondary N) is 1. The van der Waals surface area contributed by atoms with Crippen molar-refractivity contribution in [3.05, 3.63) is 34.9 Å². The minimum atomic E-state index is 0.0402. The Morgan fingerprint density at radius 2 is 2.06 bits per heavy atom. The van der Waals surface area contributed by atoms with Crippen LogP contribution in [0.5, 0.6) is 0 Å². The summed E-state index contributed by atoms with van der Waals surface area (Å²) < 4.78 is 0. The first kappa shape index (κ1) is 12.8. The van der Waals surface area contributed by atoms with Crippen LogP contribution in [-0.4, -0.2) is 11.9 Å². The zero-order valence-electron chi connectivity index (χ0n) is 10.6. The maximum atomic E-state index is 12.0. The number of benzene rings is 1. The van der Waals surface area contributed by atoms with Crippen molar-refractivity contribution < 1.29 is 4.79 Å². The van der Waals surface area contributed by atoms with Crippen LogP contribution in [-0.2, 0) is 0 Å². The van der Waals surface area contributed by atoms with Gasteiger partial charge >= 0.3 is 0 Å². The van der Waals surface area contributed by atoms with Crippen LogP contribution in [0, 0.1) is 13.8 Å². The SMILES string of the molecule is CCC[C@H](C)NC(=O)c1ccc(C)cc1C. The lowest BCUT2D eigenvalue weighted by Crippen LogP contribution is -2.32. The molecule has 0 aliphatic rings. The quantitative estimate of drug-likeness (QED) is 0.827. The largest absolute Gasteiger partial charge is 0.350 e. The second kappa shape index (κ2) is 5.69. The lowest BCUT2D eigenvalue weighted by Gasteiger charge is -2.14. The molecule has 0 aliphatic heterocycles. The van der Waals surface area contributed by atoms with Crippen LogP contribution in [0.4, 0.5) is 0 Å². The van der Waals surface area contributed by atoms with Crippen molar-refractivity contribution in [2.24, 2.45) is 0 Å². The van der Waals surface area contributed by atoms with Gasteiger partial charge in [0, 0.05) is 11.6 Å². The molecule has 0 aromatic heterocycles. The summed E-state index contributed by atoms with van der Waals surface area (Å²) in [4.78, 5) is 12.0. The van der Waals surface area contributed by atoms with Gasteiger partial charge in [-0.15, -0.1) is 0 Å². The number of hydrogen-bond acceptors (Lipinski definition) is 1. The second-order valence-corrected chi connectivity index (χ2v) is 4.48. The molecule has 0 fully saturated rings. The summed E-state index contributed by atoms with van der Waals surface area (Å²) in [7, 11) is 0. The fraction of sp³-hybridized carbons (Fsp3) is 0.500. The van der Waals surface area contributed by atoms with Crippen molar-refractivity contribution in [1.82, 2.24) is 5.32 Å². The third kappa shape index (κ3) is 3.37. The molecule has 1 atom stereocenters. The van der Waals surface area contributed by atoms with Crippen molar-refractivity contribution >= 4 is 5.91 Å². The van der Waals surface area contributed by atoms with Gasteiger partial charge in [-0.2, -0.15) is 0 Å². The number of rotatable bonds is 4. The Hall–Kier alpha value is -1.31. The van der Waals surface area contributed by atoms with Crippen molar-refractivity contribution in [3.63, 3.8) is 0 Å². The average molecular weight is 219 g/mol. The van der Waals surface area contributed by atoms with Gasteiger partial charge in [-0.05, 0) is 38.8 Å². The van der Waals surface area contributed by atoms with E-state index in [0.717, 1.165) is 24.0 Å². The predicted octanol–water partition coefficient (Wildman–Crippen LogP) is 3.22. The molecule has 1 amide bonds. The molecule has 0 heterocycles. The summed E-state index contributed by atoms with van der Waals surface area (Å²) >= 11 is 0. The molecule has 0 saturated carbocycles. The second-order valence-electron chi connectivity index (χ2n) is 4.48. The average Bonchev–Trinajstić information content (AvgIpc) is 2.17. The minimum Gasteiger partial charge on any atom is -0.350 e. The third-order valence-electron chi connectivity index (χ3n) is 2.73. The molecule has 0 aliphatic carbocycles. The smallest absolute Gasteiger partial charge is 0.251 e. The molecule has 2 heteroatoms. The van der Waals surface area contributed by atoms with Gasteiger partial charge in [-0.25, -0.2) is 0 Å². The van der Waals surface area contributed by atoms with Crippen molar-refractivity contribution in [1.29, 1.82) is 0 Å². The van der Waals surface area contributed by atoms with Crippen LogP contribution in [0.1, 0.15) is 48.2 Å². The lowest BCUT2D eigenvalue weighted by molar-refractivity contribution is 0.0937. The topological polar surface area (TPSA) is 29.1 Å². The molecule has 1 rings (SSSR count). The van der Waals surface area contributed by atoms with Crippen molar-refractivity contribution in [3.8, 4) is 0 Å². The fourth-order valence-electron chi connectivity index (χ4n) is 1.88. The summed E-state index contributed by atoms with van der Waals surface area (Å²) in [5.41, 5.74) is 3.02. The van der Waals surface area contributed by atoms with Crippen LogP contribution < -0.4 is 5.32 Å². The van der Waals surface area contributed by atoms with Gasteiger partial charge in [-0.3, -0.25) is 4.79 Å². The van der Waals surface area contributed by atoms with E-state index >= 15 is 0 Å². The van der Waals surface area contributed by atoms with Gasteiger partial charge in [0.25, 0.3) is 5.91 Å². The number of carbonyl (C=O) groups is 1. The van der Waals surface area contributed by atoms with Gasteiger partial charge in [0.1, 0.15) is 0 Å². The molecule has 0 radical (unpaired) electrons. The Morgan fingerprint density at radius 3 is 2.62 bits per heavy atom. The number of aryl methyl sites for hydroxylation is 2. The summed E-state index contributed by atoms with van der Waals surface area (Å²) in [5.74, 6) is 0.0402. The Kier molecular flexibility index (Phi) is 4.53. The van der Waals surface area contributed by atoms with Gasteiger partial charge in [0.15, 0.2) is 0 Å². The normalized spacial score (nSPS) is 12.2. The Bertz CT molecular complexity index is 371. The molecule has 0 bridgehead atoms. The van der Waals surface area contributed by atoms with Gasteiger partial charge in [0.05, 0.1) is 0 Å². The monoisotopic (exact) mass is 219 g/mol. The summed E-state index contributed by atoms with van der Waals surface area (Å²) in [6, 6.07) is 6.17. The van der Waals surface area contributed by atoms with Crippen LogP contribution in [0.15, 0.2) is 18.2 Å². The predicted molar refractivity (Wildman–Crippen MR) is 67.8 cm³/mol. The summed E-state index contributed by atoms with van der Waals surface area (Å²) in [6.45, 7) is 8.19. The molecule has 0 unspecified atom stereocenters. The zero-order valence-corrected chi connectivity index (χ0v) is 10.6. The van der Waals surface area contributed by atoms with Gasteiger partial charge in [-0.1, -0.05) is 31.0 Å². The van der Waals surface area contributed by atoms with E-state index < -0.39 is 0 Å². The first-order valence-corrected chi connectivity index (χ1v) is 5.92. The van der Waals surface area contributed by atoms with E-state index in [0.29, 0.717) is 0 Å². The van der Waals surface area contributed by atoms with E-state index in [1.165, 1.54) is 5.56 Å². The first-order valence-electron chi connectivity index (χ1n) is 5.92. The molecule has 1 aromatic carbocycles. The molecule has 88 valence electrons. The molecular weight excluding hydrogens is 198 g/mol. The molecule has 2 nitrogen and oxygen atoms in total. The van der Waals surface area contributed by atoms with E-state index in [4.69, 9.17) is 0 Å². The number of hydrogen-bond donors (Lipinski definition) is 1. The fourth-order valence-corrected chi connectivity index (χ4v) is 1.88. The molecule has 0 saturated heterocycles. The molecule has 16 heavy (non-hydrogen) atoms. The zero-order chi connectivity index (χ0) is 12.1. The molecule has 1 aromatic rings. The van der Waals surface area contributed by atoms with E-state index in [9.17, 15) is 4.79 Å². The maximum absolute atomic E-state index is 12.0. The van der Waals surface area contributed by atoms with Gasteiger partial charge < -0.3 is 5.32 Å². The van der Waals surface area contributed by atoms with E-state index in [-0.39, 0.29) is 11.9 Å².